The van der Waals surface area contributed by atoms with Crippen LogP contribution < -0.4 is 0 Å². The standard InChI is InChI=1S/C19H22ClN3O2/c20-18-17(21-11-12-22-18)10-4-8-16-9-5-13-23(16)19(24)25-14-15-6-2-1-3-7-15/h1-3,6-7,11-12,16H,4-5,8-10,13-14H2/t16-/m1/s1. The van der Waals surface area contributed by atoms with Gasteiger partial charge in [0, 0.05) is 25.0 Å². The number of halogens is 1. The molecule has 0 N–H and O–H groups in total. The Hall–Kier alpha value is -2.14. The molecule has 1 aromatic heterocycles. The largest absolute Gasteiger partial charge is 0.445 e. The van der Waals surface area contributed by atoms with Crippen molar-refractivity contribution in [1.82, 2.24) is 14.9 Å². The second-order valence-electron chi connectivity index (χ2n) is 6.22. The Kier molecular flexibility index (Phi) is 6.23. The van der Waals surface area contributed by atoms with Gasteiger partial charge in [0.15, 0.2) is 0 Å². The molecule has 1 aliphatic rings. The number of aromatic nitrogens is 2. The van der Waals surface area contributed by atoms with Crippen molar-refractivity contribution in [1.29, 1.82) is 0 Å². The van der Waals surface area contributed by atoms with E-state index >= 15 is 0 Å². The first kappa shape index (κ1) is 17.7. The minimum Gasteiger partial charge on any atom is -0.445 e. The average molecular weight is 360 g/mol. The summed E-state index contributed by atoms with van der Waals surface area (Å²) in [6.45, 7) is 1.09. The number of hydrogen-bond donors (Lipinski definition) is 0. The van der Waals surface area contributed by atoms with Crippen LogP contribution in [0.2, 0.25) is 5.15 Å². The van der Waals surface area contributed by atoms with Crippen molar-refractivity contribution in [3.05, 3.63) is 59.1 Å². The van der Waals surface area contributed by atoms with Gasteiger partial charge in [-0.2, -0.15) is 0 Å². The van der Waals surface area contributed by atoms with Crippen molar-refractivity contribution in [2.75, 3.05) is 6.54 Å². The fraction of sp³-hybridized carbons (Fsp3) is 0.421. The van der Waals surface area contributed by atoms with Gasteiger partial charge in [-0.25, -0.2) is 9.78 Å². The molecule has 5 nitrogen and oxygen atoms in total. The fourth-order valence-electron chi connectivity index (χ4n) is 3.20. The van der Waals surface area contributed by atoms with E-state index in [4.69, 9.17) is 16.3 Å². The predicted octanol–water partition coefficient (Wildman–Crippen LogP) is 4.25. The third-order valence-electron chi connectivity index (χ3n) is 4.49. The van der Waals surface area contributed by atoms with Crippen molar-refractivity contribution >= 4 is 17.7 Å². The average Bonchev–Trinajstić information content (AvgIpc) is 3.11. The van der Waals surface area contributed by atoms with Crippen molar-refractivity contribution in [3.8, 4) is 0 Å². The molecule has 0 aliphatic carbocycles. The molecule has 1 saturated heterocycles. The Balaban J connectivity index is 1.47. The van der Waals surface area contributed by atoms with Gasteiger partial charge in [0.1, 0.15) is 11.8 Å². The van der Waals surface area contributed by atoms with Gasteiger partial charge in [0.2, 0.25) is 0 Å². The number of amides is 1. The molecule has 2 aromatic rings. The molecule has 0 spiro atoms. The van der Waals surface area contributed by atoms with E-state index in [2.05, 4.69) is 9.97 Å². The molecule has 1 aliphatic heterocycles. The van der Waals surface area contributed by atoms with E-state index in [-0.39, 0.29) is 12.1 Å². The molecule has 0 radical (unpaired) electrons. The van der Waals surface area contributed by atoms with E-state index in [1.807, 2.05) is 35.2 Å². The van der Waals surface area contributed by atoms with Gasteiger partial charge < -0.3 is 9.64 Å². The summed E-state index contributed by atoms with van der Waals surface area (Å²) in [7, 11) is 0. The summed E-state index contributed by atoms with van der Waals surface area (Å²) in [5.74, 6) is 0. The molecular formula is C19H22ClN3O2. The normalized spacial score (nSPS) is 16.8. The summed E-state index contributed by atoms with van der Waals surface area (Å²) in [5.41, 5.74) is 1.82. The zero-order chi connectivity index (χ0) is 17.5. The fourth-order valence-corrected chi connectivity index (χ4v) is 3.40. The number of ether oxygens (including phenoxy) is 1. The van der Waals surface area contributed by atoms with Crippen molar-refractivity contribution in [2.45, 2.75) is 44.8 Å². The molecule has 0 bridgehead atoms. The highest BCUT2D eigenvalue weighted by Gasteiger charge is 2.29. The van der Waals surface area contributed by atoms with Crippen LogP contribution in [0.4, 0.5) is 4.79 Å². The highest BCUT2D eigenvalue weighted by molar-refractivity contribution is 6.29. The van der Waals surface area contributed by atoms with Crippen LogP contribution in [0.5, 0.6) is 0 Å². The van der Waals surface area contributed by atoms with Crippen LogP contribution in [0.3, 0.4) is 0 Å². The molecule has 1 atom stereocenters. The monoisotopic (exact) mass is 359 g/mol. The number of likely N-dealkylation sites (tertiary alicyclic amines) is 1. The Morgan fingerprint density at radius 1 is 1.24 bits per heavy atom. The lowest BCUT2D eigenvalue weighted by molar-refractivity contribution is 0.0905. The number of hydrogen-bond acceptors (Lipinski definition) is 4. The lowest BCUT2D eigenvalue weighted by Crippen LogP contribution is -2.35. The molecule has 6 heteroatoms. The maximum atomic E-state index is 12.4. The molecule has 1 fully saturated rings. The molecular weight excluding hydrogens is 338 g/mol. The van der Waals surface area contributed by atoms with Crippen molar-refractivity contribution in [2.24, 2.45) is 0 Å². The Bertz CT molecular complexity index is 696. The molecule has 25 heavy (non-hydrogen) atoms. The lowest BCUT2D eigenvalue weighted by atomic mass is 10.1. The van der Waals surface area contributed by atoms with E-state index in [1.165, 1.54) is 0 Å². The van der Waals surface area contributed by atoms with Crippen LogP contribution >= 0.6 is 11.6 Å². The predicted molar refractivity (Wildman–Crippen MR) is 96.3 cm³/mol. The number of aryl methyl sites for hydroxylation is 1. The number of nitrogens with zero attached hydrogens (tertiary/aromatic N) is 3. The third-order valence-corrected chi connectivity index (χ3v) is 4.81. The van der Waals surface area contributed by atoms with Crippen LogP contribution in [-0.4, -0.2) is 33.5 Å². The van der Waals surface area contributed by atoms with Gasteiger partial charge in [-0.3, -0.25) is 4.98 Å². The summed E-state index contributed by atoms with van der Waals surface area (Å²) in [4.78, 5) is 22.5. The van der Waals surface area contributed by atoms with Gasteiger partial charge in [-0.05, 0) is 37.7 Å². The summed E-state index contributed by atoms with van der Waals surface area (Å²) >= 11 is 6.04. The molecule has 3 rings (SSSR count). The highest BCUT2D eigenvalue weighted by atomic mass is 35.5. The van der Waals surface area contributed by atoms with Crippen LogP contribution in [0.15, 0.2) is 42.7 Å². The zero-order valence-electron chi connectivity index (χ0n) is 14.1. The first-order valence-electron chi connectivity index (χ1n) is 8.67. The second-order valence-corrected chi connectivity index (χ2v) is 6.57. The summed E-state index contributed by atoms with van der Waals surface area (Å²) in [5, 5.41) is 0.466. The van der Waals surface area contributed by atoms with Gasteiger partial charge in [-0.15, -0.1) is 0 Å². The Morgan fingerprint density at radius 2 is 2.04 bits per heavy atom. The Morgan fingerprint density at radius 3 is 2.84 bits per heavy atom. The lowest BCUT2D eigenvalue weighted by Gasteiger charge is -2.24. The Labute approximate surface area is 153 Å². The van der Waals surface area contributed by atoms with E-state index in [0.29, 0.717) is 11.8 Å². The van der Waals surface area contributed by atoms with E-state index in [1.54, 1.807) is 12.4 Å². The van der Waals surface area contributed by atoms with Gasteiger partial charge in [0.25, 0.3) is 0 Å². The van der Waals surface area contributed by atoms with Crippen LogP contribution in [0.25, 0.3) is 0 Å². The van der Waals surface area contributed by atoms with E-state index in [0.717, 1.165) is 49.9 Å². The molecule has 1 aromatic carbocycles. The van der Waals surface area contributed by atoms with E-state index < -0.39 is 0 Å². The topological polar surface area (TPSA) is 55.3 Å². The first-order valence-corrected chi connectivity index (χ1v) is 9.04. The minimum absolute atomic E-state index is 0.219. The summed E-state index contributed by atoms with van der Waals surface area (Å²) in [6.07, 6.45) is 7.70. The summed E-state index contributed by atoms with van der Waals surface area (Å²) in [6, 6.07) is 9.99. The van der Waals surface area contributed by atoms with Crippen molar-refractivity contribution in [3.63, 3.8) is 0 Å². The maximum Gasteiger partial charge on any atom is 0.410 e. The van der Waals surface area contributed by atoms with Crippen LogP contribution in [0, 0.1) is 0 Å². The number of benzene rings is 1. The first-order chi connectivity index (χ1) is 12.2. The van der Waals surface area contributed by atoms with E-state index in [9.17, 15) is 4.79 Å². The number of carbonyl (C=O) groups excluding carboxylic acids is 1. The smallest absolute Gasteiger partial charge is 0.410 e. The van der Waals surface area contributed by atoms with Crippen LogP contribution in [0.1, 0.15) is 36.9 Å². The molecule has 0 saturated carbocycles. The zero-order valence-corrected chi connectivity index (χ0v) is 14.9. The van der Waals surface area contributed by atoms with Crippen LogP contribution in [-0.2, 0) is 17.8 Å². The number of carbonyl (C=O) groups is 1. The molecule has 1 amide bonds. The third kappa shape index (κ3) is 4.92. The summed E-state index contributed by atoms with van der Waals surface area (Å²) < 4.78 is 5.47. The van der Waals surface area contributed by atoms with Gasteiger partial charge in [-0.1, -0.05) is 41.9 Å². The minimum atomic E-state index is -0.219. The SMILES string of the molecule is O=C(OCc1ccccc1)N1CCC[C@H]1CCCc1nccnc1Cl. The second kappa shape index (κ2) is 8.81. The molecule has 132 valence electrons. The van der Waals surface area contributed by atoms with Gasteiger partial charge in [0.05, 0.1) is 5.69 Å². The maximum absolute atomic E-state index is 12.4. The number of rotatable bonds is 6. The highest BCUT2D eigenvalue weighted by Crippen LogP contribution is 2.24. The quantitative estimate of drug-likeness (QED) is 0.773. The van der Waals surface area contributed by atoms with Gasteiger partial charge >= 0.3 is 6.09 Å². The molecule has 2 heterocycles. The molecule has 0 unspecified atom stereocenters. The van der Waals surface area contributed by atoms with Crippen molar-refractivity contribution < 1.29 is 9.53 Å².